The van der Waals surface area contributed by atoms with Crippen molar-refractivity contribution in [1.82, 2.24) is 4.98 Å². The number of nitrogens with two attached hydrogens (primary N) is 1. The van der Waals surface area contributed by atoms with E-state index in [2.05, 4.69) is 31.0 Å². The molecule has 3 aromatic rings. The van der Waals surface area contributed by atoms with E-state index in [-0.39, 0.29) is 18.1 Å². The zero-order valence-corrected chi connectivity index (χ0v) is 19.6. The molecule has 0 fully saturated rings. The van der Waals surface area contributed by atoms with Gasteiger partial charge in [0, 0.05) is 10.9 Å². The molecule has 0 aliphatic rings. The van der Waals surface area contributed by atoms with Crippen LogP contribution < -0.4 is 5.73 Å². The highest BCUT2D eigenvalue weighted by molar-refractivity contribution is 5.97. The Morgan fingerprint density at radius 2 is 1.50 bits per heavy atom. The van der Waals surface area contributed by atoms with Gasteiger partial charge in [-0.2, -0.15) is 0 Å². The molecular weight excluding hydrogens is 399 g/mol. The van der Waals surface area contributed by atoms with Crippen LogP contribution in [0.3, 0.4) is 0 Å². The highest BCUT2D eigenvalue weighted by Crippen LogP contribution is 2.36. The molecule has 0 unspecified atom stereocenters. The van der Waals surface area contributed by atoms with Crippen LogP contribution in [0.4, 0.5) is 4.39 Å². The topological polar surface area (TPSA) is 58.9 Å². The van der Waals surface area contributed by atoms with Gasteiger partial charge in [-0.1, -0.05) is 58.4 Å². The second kappa shape index (κ2) is 11.8. The third-order valence-electron chi connectivity index (χ3n) is 6.34. The maximum Gasteiger partial charge on any atom is 0.221 e. The lowest BCUT2D eigenvalue weighted by Gasteiger charge is -2.13. The van der Waals surface area contributed by atoms with Crippen molar-refractivity contribution >= 4 is 16.8 Å². The molecule has 0 atom stereocenters. The molecule has 0 aliphatic heterocycles. The van der Waals surface area contributed by atoms with Gasteiger partial charge in [0.2, 0.25) is 5.91 Å². The van der Waals surface area contributed by atoms with E-state index in [0.717, 1.165) is 47.0 Å². The molecule has 0 aliphatic carbocycles. The van der Waals surface area contributed by atoms with Crippen molar-refractivity contribution in [3.63, 3.8) is 0 Å². The number of rotatable bonds is 13. The maximum atomic E-state index is 13.5. The second-order valence-corrected chi connectivity index (χ2v) is 8.88. The monoisotopic (exact) mass is 436 g/mol. The lowest BCUT2D eigenvalue weighted by atomic mass is 9.90. The normalized spacial score (nSPS) is 11.3. The summed E-state index contributed by atoms with van der Waals surface area (Å²) in [5.74, 6) is -0.619. The van der Waals surface area contributed by atoms with Crippen LogP contribution in [0.25, 0.3) is 22.2 Å². The van der Waals surface area contributed by atoms with Gasteiger partial charge in [0.15, 0.2) is 0 Å². The Morgan fingerprint density at radius 1 is 0.844 bits per heavy atom. The average molecular weight is 437 g/mol. The fourth-order valence-corrected chi connectivity index (χ4v) is 4.68. The van der Waals surface area contributed by atoms with Gasteiger partial charge in [-0.05, 0) is 78.3 Å². The summed E-state index contributed by atoms with van der Waals surface area (Å²) in [6, 6.07) is 10.8. The van der Waals surface area contributed by atoms with E-state index in [0.29, 0.717) is 0 Å². The first kappa shape index (κ1) is 24.0. The number of fused-ring (bicyclic) bond motifs is 1. The van der Waals surface area contributed by atoms with Crippen molar-refractivity contribution < 1.29 is 9.18 Å². The van der Waals surface area contributed by atoms with Crippen molar-refractivity contribution in [2.75, 3.05) is 0 Å². The molecule has 0 spiro atoms. The van der Waals surface area contributed by atoms with Crippen molar-refractivity contribution in [2.24, 2.45) is 5.73 Å². The summed E-state index contributed by atoms with van der Waals surface area (Å²) in [6.45, 7) is 4.46. The molecule has 1 heterocycles. The molecule has 0 saturated carbocycles. The quantitative estimate of drug-likeness (QED) is 0.272. The van der Waals surface area contributed by atoms with Crippen molar-refractivity contribution in [3.05, 3.63) is 58.9 Å². The molecule has 3 rings (SSSR count). The van der Waals surface area contributed by atoms with Gasteiger partial charge in [-0.15, -0.1) is 0 Å². The first-order chi connectivity index (χ1) is 15.5. The number of benzene rings is 2. The summed E-state index contributed by atoms with van der Waals surface area (Å²) in [7, 11) is 0. The summed E-state index contributed by atoms with van der Waals surface area (Å²) in [5, 5.41) is 1.15. The summed E-state index contributed by atoms with van der Waals surface area (Å²) < 4.78 is 13.5. The number of amides is 1. The molecule has 2 aromatic carbocycles. The fraction of sp³-hybridized carbons (Fsp3) is 0.464. The van der Waals surface area contributed by atoms with Gasteiger partial charge < -0.3 is 10.7 Å². The van der Waals surface area contributed by atoms with Gasteiger partial charge in [0.25, 0.3) is 0 Å². The van der Waals surface area contributed by atoms with Gasteiger partial charge in [0.05, 0.1) is 12.1 Å². The number of aromatic amines is 1. The van der Waals surface area contributed by atoms with Gasteiger partial charge in [-0.3, -0.25) is 4.79 Å². The first-order valence-corrected chi connectivity index (χ1v) is 12.2. The molecule has 172 valence electrons. The van der Waals surface area contributed by atoms with Crippen LogP contribution in [0.1, 0.15) is 81.9 Å². The van der Waals surface area contributed by atoms with E-state index in [1.807, 2.05) is 0 Å². The Morgan fingerprint density at radius 3 is 2.12 bits per heavy atom. The van der Waals surface area contributed by atoms with E-state index in [1.165, 1.54) is 68.2 Å². The van der Waals surface area contributed by atoms with Crippen molar-refractivity contribution in [1.29, 1.82) is 0 Å². The van der Waals surface area contributed by atoms with Crippen LogP contribution in [0, 0.1) is 5.82 Å². The molecule has 32 heavy (non-hydrogen) atoms. The highest BCUT2D eigenvalue weighted by Gasteiger charge is 2.20. The molecule has 0 bridgehead atoms. The van der Waals surface area contributed by atoms with Crippen LogP contribution in [0.5, 0.6) is 0 Å². The molecule has 1 aromatic heterocycles. The molecule has 3 nitrogen and oxygen atoms in total. The van der Waals surface area contributed by atoms with Crippen LogP contribution >= 0.6 is 0 Å². The number of aryl methyl sites for hydroxylation is 2. The number of primary amides is 1. The summed E-state index contributed by atoms with van der Waals surface area (Å²) in [6.07, 6.45) is 12.0. The fourth-order valence-electron chi connectivity index (χ4n) is 4.68. The Balaban J connectivity index is 2.09. The lowest BCUT2D eigenvalue weighted by molar-refractivity contribution is -0.117. The SMILES string of the molecule is CCCCCCc1ccc2[nH]c(-c3ccc(F)cc3)c(CC(N)=O)c2c1CCCCCC. The van der Waals surface area contributed by atoms with E-state index >= 15 is 0 Å². The predicted molar refractivity (Wildman–Crippen MR) is 132 cm³/mol. The van der Waals surface area contributed by atoms with Crippen LogP contribution in [0.15, 0.2) is 36.4 Å². The first-order valence-electron chi connectivity index (χ1n) is 12.2. The van der Waals surface area contributed by atoms with Crippen LogP contribution in [-0.4, -0.2) is 10.9 Å². The van der Waals surface area contributed by atoms with E-state index < -0.39 is 0 Å². The average Bonchev–Trinajstić information content (AvgIpc) is 3.13. The highest BCUT2D eigenvalue weighted by atomic mass is 19.1. The Hall–Kier alpha value is -2.62. The minimum atomic E-state index is -0.348. The van der Waals surface area contributed by atoms with E-state index in [1.54, 1.807) is 12.1 Å². The summed E-state index contributed by atoms with van der Waals surface area (Å²) >= 11 is 0. The number of halogens is 1. The number of unbranched alkanes of at least 4 members (excludes halogenated alkanes) is 6. The molecular formula is C28H37FN2O. The van der Waals surface area contributed by atoms with E-state index in [4.69, 9.17) is 5.73 Å². The molecule has 4 heteroatoms. The molecule has 3 N–H and O–H groups in total. The molecule has 0 radical (unpaired) electrons. The zero-order chi connectivity index (χ0) is 22.9. The third-order valence-corrected chi connectivity index (χ3v) is 6.34. The van der Waals surface area contributed by atoms with Crippen molar-refractivity contribution in [3.8, 4) is 11.3 Å². The van der Waals surface area contributed by atoms with Gasteiger partial charge in [-0.25, -0.2) is 4.39 Å². The number of H-pyrrole nitrogens is 1. The number of hydrogen-bond donors (Lipinski definition) is 2. The standard InChI is InChI=1S/C28H37FN2O/c1-3-5-7-9-11-20-15-18-25-27(23(20)12-10-8-6-4-2)24(19-26(30)32)28(31-25)21-13-16-22(29)17-14-21/h13-18,31H,3-12,19H2,1-2H3,(H2,30,32). The minimum Gasteiger partial charge on any atom is -0.369 e. The number of carbonyl (C=O) groups is 1. The third kappa shape index (κ3) is 5.99. The Kier molecular flexibility index (Phi) is 8.90. The van der Waals surface area contributed by atoms with Crippen molar-refractivity contribution in [2.45, 2.75) is 84.5 Å². The second-order valence-electron chi connectivity index (χ2n) is 8.88. The maximum absolute atomic E-state index is 13.5. The van der Waals surface area contributed by atoms with E-state index in [9.17, 15) is 9.18 Å². The number of hydrogen-bond acceptors (Lipinski definition) is 1. The number of carbonyl (C=O) groups excluding carboxylic acids is 1. The van der Waals surface area contributed by atoms with Gasteiger partial charge in [0.1, 0.15) is 5.82 Å². The number of aromatic nitrogens is 1. The zero-order valence-electron chi connectivity index (χ0n) is 19.6. The van der Waals surface area contributed by atoms with Crippen LogP contribution in [0.2, 0.25) is 0 Å². The van der Waals surface area contributed by atoms with Gasteiger partial charge >= 0.3 is 0 Å². The Bertz CT molecular complexity index is 1020. The smallest absolute Gasteiger partial charge is 0.221 e. The molecule has 0 saturated heterocycles. The summed E-state index contributed by atoms with van der Waals surface area (Å²) in [5.41, 5.74) is 12.1. The number of nitrogens with one attached hydrogen (secondary N) is 1. The largest absolute Gasteiger partial charge is 0.369 e. The molecule has 1 amide bonds. The summed E-state index contributed by atoms with van der Waals surface area (Å²) in [4.78, 5) is 15.6. The van der Waals surface area contributed by atoms with Crippen LogP contribution in [-0.2, 0) is 24.1 Å². The predicted octanol–water partition coefficient (Wildman–Crippen LogP) is 7.25. The minimum absolute atomic E-state index is 0.175. The lowest BCUT2D eigenvalue weighted by Crippen LogP contribution is -2.14. The Labute approximate surface area is 191 Å².